The zero-order chi connectivity index (χ0) is 10.0. The monoisotopic (exact) mass is 312 g/mol. The molecule has 70 valence electrons. The van der Waals surface area contributed by atoms with Gasteiger partial charge in [0.1, 0.15) is 0 Å². The van der Waals surface area contributed by atoms with Gasteiger partial charge in [0.15, 0.2) is 0 Å². The lowest BCUT2D eigenvalue weighted by Crippen LogP contribution is -2.09. The molecule has 0 spiro atoms. The Balaban J connectivity index is 3.04. The van der Waals surface area contributed by atoms with Gasteiger partial charge in [-0.1, -0.05) is 0 Å². The van der Waals surface area contributed by atoms with Crippen LogP contribution in [0.2, 0.25) is 0 Å². The Kier molecular flexibility index (Phi) is 3.55. The van der Waals surface area contributed by atoms with Crippen molar-refractivity contribution in [3.05, 3.63) is 32.7 Å². The van der Waals surface area contributed by atoms with Crippen molar-refractivity contribution in [2.45, 2.75) is 6.43 Å². The number of rotatable bonds is 2. The van der Waals surface area contributed by atoms with E-state index in [0.29, 0.717) is 4.47 Å². The largest absolute Gasteiger partial charge is 0.300 e. The van der Waals surface area contributed by atoms with Crippen molar-refractivity contribution in [1.29, 1.82) is 0 Å². The normalized spacial score (nSPS) is 10.5. The van der Waals surface area contributed by atoms with E-state index in [-0.39, 0.29) is 5.56 Å². The summed E-state index contributed by atoms with van der Waals surface area (Å²) >= 11 is 6.29. The van der Waals surface area contributed by atoms with Crippen molar-refractivity contribution in [3.63, 3.8) is 0 Å². The van der Waals surface area contributed by atoms with Crippen molar-refractivity contribution in [2.24, 2.45) is 0 Å². The van der Waals surface area contributed by atoms with Gasteiger partial charge in [0.25, 0.3) is 0 Å². The van der Waals surface area contributed by atoms with Crippen molar-refractivity contribution >= 4 is 37.6 Å². The van der Waals surface area contributed by atoms with Crippen molar-refractivity contribution in [3.8, 4) is 0 Å². The van der Waals surface area contributed by atoms with E-state index in [1.807, 2.05) is 0 Å². The average molecular weight is 314 g/mol. The quantitative estimate of drug-likeness (QED) is 0.762. The van der Waals surface area contributed by atoms with Crippen molar-refractivity contribution in [2.75, 3.05) is 0 Å². The van der Waals surface area contributed by atoms with E-state index in [9.17, 15) is 13.6 Å². The molecule has 0 bridgehead atoms. The molecule has 0 saturated heterocycles. The van der Waals surface area contributed by atoms with Crippen molar-refractivity contribution in [1.82, 2.24) is 0 Å². The molecular weight excluding hydrogens is 310 g/mol. The maximum absolute atomic E-state index is 12.0. The maximum Gasteiger partial charge on any atom is 0.300 e. The van der Waals surface area contributed by atoms with E-state index >= 15 is 0 Å². The fourth-order valence-electron chi connectivity index (χ4n) is 0.775. The molecule has 0 aliphatic rings. The second-order valence-electron chi connectivity index (χ2n) is 2.29. The van der Waals surface area contributed by atoms with Gasteiger partial charge in [0.2, 0.25) is 5.78 Å². The molecule has 0 heterocycles. The molecule has 1 aromatic rings. The summed E-state index contributed by atoms with van der Waals surface area (Å²) in [6.07, 6.45) is -2.95. The smallest absolute Gasteiger partial charge is 0.288 e. The Morgan fingerprint density at radius 1 is 1.23 bits per heavy atom. The summed E-state index contributed by atoms with van der Waals surface area (Å²) < 4.78 is 25.2. The van der Waals surface area contributed by atoms with E-state index in [1.54, 1.807) is 6.07 Å². The number of benzene rings is 1. The summed E-state index contributed by atoms with van der Waals surface area (Å²) in [6.45, 7) is 0. The van der Waals surface area contributed by atoms with Crippen LogP contribution in [0.4, 0.5) is 8.78 Å². The zero-order valence-electron chi connectivity index (χ0n) is 6.23. The van der Waals surface area contributed by atoms with E-state index in [4.69, 9.17) is 0 Å². The van der Waals surface area contributed by atoms with Crippen LogP contribution in [-0.2, 0) is 0 Å². The minimum absolute atomic E-state index is 0.00470. The highest BCUT2D eigenvalue weighted by Gasteiger charge is 2.17. The van der Waals surface area contributed by atoms with Crippen LogP contribution in [0.25, 0.3) is 0 Å². The number of carbonyl (C=O) groups excluding carboxylic acids is 1. The first-order valence-electron chi connectivity index (χ1n) is 3.30. The standard InChI is InChI=1S/C8H4Br2F2O/c9-5-2-1-4(3-6(5)10)7(13)8(11)12/h1-3,8H. The SMILES string of the molecule is O=C(c1ccc(Br)c(Br)c1)C(F)F. The Hall–Kier alpha value is -0.290. The molecule has 1 rings (SSSR count). The third-order valence-electron chi connectivity index (χ3n) is 1.40. The molecule has 0 aliphatic carbocycles. The summed E-state index contributed by atoms with van der Waals surface area (Å²) in [5.74, 6) is -1.16. The second kappa shape index (κ2) is 4.28. The first-order chi connectivity index (χ1) is 6.02. The van der Waals surface area contributed by atoms with Crippen LogP contribution in [0.1, 0.15) is 10.4 Å². The van der Waals surface area contributed by atoms with Gasteiger partial charge in [0, 0.05) is 14.5 Å². The molecule has 5 heteroatoms. The third-order valence-corrected chi connectivity index (χ3v) is 3.28. The molecule has 0 fully saturated rings. The van der Waals surface area contributed by atoms with Gasteiger partial charge >= 0.3 is 6.43 Å². The highest BCUT2D eigenvalue weighted by atomic mass is 79.9. The number of hydrogen-bond donors (Lipinski definition) is 0. The summed E-state index contributed by atoms with van der Waals surface area (Å²) in [4.78, 5) is 10.8. The summed E-state index contributed by atoms with van der Waals surface area (Å²) in [6, 6.07) is 4.25. The van der Waals surface area contributed by atoms with Gasteiger partial charge in [0.05, 0.1) is 0 Å². The number of Topliss-reactive ketones (excluding diaryl/α,β-unsaturated/α-hetero) is 1. The van der Waals surface area contributed by atoms with Crippen LogP contribution in [0, 0.1) is 0 Å². The maximum atomic E-state index is 12.0. The minimum Gasteiger partial charge on any atom is -0.288 e. The van der Waals surface area contributed by atoms with E-state index in [0.717, 1.165) is 4.47 Å². The molecule has 0 N–H and O–H groups in total. The van der Waals surface area contributed by atoms with Gasteiger partial charge in [-0.3, -0.25) is 4.79 Å². The van der Waals surface area contributed by atoms with Crippen LogP contribution in [0.5, 0.6) is 0 Å². The number of carbonyl (C=O) groups is 1. The lowest BCUT2D eigenvalue weighted by Gasteiger charge is -2.01. The predicted molar refractivity (Wildman–Crippen MR) is 52.2 cm³/mol. The van der Waals surface area contributed by atoms with E-state index in [2.05, 4.69) is 31.9 Å². The van der Waals surface area contributed by atoms with Crippen molar-refractivity contribution < 1.29 is 13.6 Å². The topological polar surface area (TPSA) is 17.1 Å². The van der Waals surface area contributed by atoms with E-state index < -0.39 is 12.2 Å². The van der Waals surface area contributed by atoms with Crippen LogP contribution < -0.4 is 0 Å². The molecule has 1 nitrogen and oxygen atoms in total. The lowest BCUT2D eigenvalue weighted by atomic mass is 10.1. The molecule has 0 aliphatic heterocycles. The van der Waals surface area contributed by atoms with Crippen LogP contribution in [0.15, 0.2) is 27.1 Å². The molecule has 0 aromatic heterocycles. The van der Waals surface area contributed by atoms with Gasteiger partial charge in [-0.25, -0.2) is 8.78 Å². The number of hydrogen-bond acceptors (Lipinski definition) is 1. The van der Waals surface area contributed by atoms with Gasteiger partial charge in [-0.2, -0.15) is 0 Å². The van der Waals surface area contributed by atoms with Crippen LogP contribution >= 0.6 is 31.9 Å². The number of halogens is 4. The molecular formula is C8H4Br2F2O. The first kappa shape index (κ1) is 10.8. The minimum atomic E-state index is -2.95. The van der Waals surface area contributed by atoms with Gasteiger partial charge < -0.3 is 0 Å². The second-order valence-corrected chi connectivity index (χ2v) is 4.00. The van der Waals surface area contributed by atoms with Crippen LogP contribution in [-0.4, -0.2) is 12.2 Å². The summed E-state index contributed by atoms with van der Waals surface area (Å²) in [5.41, 5.74) is 0.00470. The number of alkyl halides is 2. The molecule has 0 unspecified atom stereocenters. The van der Waals surface area contributed by atoms with Crippen LogP contribution in [0.3, 0.4) is 0 Å². The molecule has 0 amide bonds. The predicted octanol–water partition coefficient (Wildman–Crippen LogP) is 3.66. The Bertz CT molecular complexity index is 339. The highest BCUT2D eigenvalue weighted by Crippen LogP contribution is 2.24. The zero-order valence-corrected chi connectivity index (χ0v) is 9.40. The Morgan fingerprint density at radius 3 is 2.31 bits per heavy atom. The summed E-state index contributed by atoms with van der Waals surface area (Å²) in [5, 5.41) is 0. The molecule has 0 atom stereocenters. The van der Waals surface area contributed by atoms with Gasteiger partial charge in [-0.15, -0.1) is 0 Å². The van der Waals surface area contributed by atoms with Gasteiger partial charge in [-0.05, 0) is 50.1 Å². The van der Waals surface area contributed by atoms with E-state index in [1.165, 1.54) is 12.1 Å². The fourth-order valence-corrected chi connectivity index (χ4v) is 1.40. The lowest BCUT2D eigenvalue weighted by molar-refractivity contribution is 0.0678. The third kappa shape index (κ3) is 2.57. The fraction of sp³-hybridized carbons (Fsp3) is 0.125. The summed E-state index contributed by atoms with van der Waals surface area (Å²) in [7, 11) is 0. The first-order valence-corrected chi connectivity index (χ1v) is 4.88. The average Bonchev–Trinajstić information content (AvgIpc) is 2.08. The molecule has 0 radical (unpaired) electrons. The number of ketones is 1. The molecule has 0 saturated carbocycles. The molecule has 13 heavy (non-hydrogen) atoms. The Morgan fingerprint density at radius 2 is 1.85 bits per heavy atom. The Labute approximate surface area is 90.4 Å². The molecule has 1 aromatic carbocycles. The highest BCUT2D eigenvalue weighted by molar-refractivity contribution is 9.13.